The molecule has 0 radical (unpaired) electrons. The Morgan fingerprint density at radius 1 is 1.35 bits per heavy atom. The second kappa shape index (κ2) is 5.94. The molecule has 0 aliphatic carbocycles. The van der Waals surface area contributed by atoms with Crippen molar-refractivity contribution in [3.05, 3.63) is 35.9 Å². The molecule has 1 aliphatic heterocycles. The number of methoxy groups -OCH3 is 1. The fourth-order valence-corrected chi connectivity index (χ4v) is 2.83. The molecule has 1 aliphatic rings. The van der Waals surface area contributed by atoms with Gasteiger partial charge in [0.2, 0.25) is 0 Å². The fourth-order valence-electron chi connectivity index (χ4n) is 2.83. The summed E-state index contributed by atoms with van der Waals surface area (Å²) in [7, 11) is 1.44. The van der Waals surface area contributed by atoms with E-state index >= 15 is 0 Å². The van der Waals surface area contributed by atoms with Gasteiger partial charge in [0.15, 0.2) is 0 Å². The summed E-state index contributed by atoms with van der Waals surface area (Å²) < 4.78 is 10.7. The number of ether oxygens (including phenoxy) is 2. The monoisotopic (exact) mass is 277 g/mol. The fraction of sp³-hybridized carbons (Fsp3) is 0.562. The average Bonchev–Trinajstić information content (AvgIpc) is 2.44. The molecule has 1 N–H and O–H groups in total. The Hall–Kier alpha value is -1.39. The molecular formula is C16H23NO3. The highest BCUT2D eigenvalue weighted by Crippen LogP contribution is 2.33. The van der Waals surface area contributed by atoms with E-state index in [4.69, 9.17) is 9.47 Å². The van der Waals surface area contributed by atoms with Crippen molar-refractivity contribution in [3.63, 3.8) is 0 Å². The van der Waals surface area contributed by atoms with Crippen molar-refractivity contribution < 1.29 is 14.3 Å². The number of esters is 1. The van der Waals surface area contributed by atoms with Crippen LogP contribution >= 0.6 is 0 Å². The average molecular weight is 277 g/mol. The van der Waals surface area contributed by atoms with Crippen LogP contribution in [0, 0.1) is 0 Å². The minimum atomic E-state index is -0.660. The molecule has 1 heterocycles. The van der Waals surface area contributed by atoms with Gasteiger partial charge in [0, 0.05) is 19.6 Å². The van der Waals surface area contributed by atoms with E-state index < -0.39 is 5.54 Å². The van der Waals surface area contributed by atoms with Crippen LogP contribution in [0.2, 0.25) is 0 Å². The second-order valence-electron chi connectivity index (χ2n) is 5.95. The molecule has 110 valence electrons. The maximum absolute atomic E-state index is 12.3. The maximum atomic E-state index is 12.3. The van der Waals surface area contributed by atoms with Gasteiger partial charge in [0.25, 0.3) is 0 Å². The molecule has 0 saturated carbocycles. The number of benzene rings is 1. The summed E-state index contributed by atoms with van der Waals surface area (Å²) in [6.45, 7) is 5.22. The quantitative estimate of drug-likeness (QED) is 0.858. The van der Waals surface area contributed by atoms with E-state index in [1.54, 1.807) is 0 Å². The summed E-state index contributed by atoms with van der Waals surface area (Å²) in [6.07, 6.45) is 1.25. The predicted molar refractivity (Wildman–Crippen MR) is 77.3 cm³/mol. The lowest BCUT2D eigenvalue weighted by molar-refractivity contribution is -0.161. The molecule has 1 fully saturated rings. The Morgan fingerprint density at radius 2 is 2.05 bits per heavy atom. The van der Waals surface area contributed by atoms with Crippen molar-refractivity contribution >= 4 is 5.97 Å². The van der Waals surface area contributed by atoms with Gasteiger partial charge in [-0.2, -0.15) is 0 Å². The van der Waals surface area contributed by atoms with Gasteiger partial charge in [-0.1, -0.05) is 30.3 Å². The number of nitrogens with one attached hydrogen (secondary N) is 1. The van der Waals surface area contributed by atoms with Crippen LogP contribution in [0.4, 0.5) is 0 Å². The molecule has 2 rings (SSSR count). The Kier molecular flexibility index (Phi) is 4.45. The van der Waals surface area contributed by atoms with Crippen LogP contribution < -0.4 is 5.32 Å². The molecule has 0 amide bonds. The first-order chi connectivity index (χ1) is 9.47. The van der Waals surface area contributed by atoms with Crippen LogP contribution in [0.3, 0.4) is 0 Å². The van der Waals surface area contributed by atoms with Crippen molar-refractivity contribution in [1.82, 2.24) is 5.32 Å². The van der Waals surface area contributed by atoms with E-state index in [1.165, 1.54) is 7.11 Å². The normalized spacial score (nSPS) is 25.1. The smallest absolute Gasteiger partial charge is 0.326 e. The van der Waals surface area contributed by atoms with Crippen LogP contribution in [0.25, 0.3) is 0 Å². The van der Waals surface area contributed by atoms with Crippen molar-refractivity contribution in [1.29, 1.82) is 0 Å². The Bertz CT molecular complexity index is 458. The number of carbonyl (C=O) groups excluding carboxylic acids is 1. The Balaban J connectivity index is 2.13. The minimum absolute atomic E-state index is 0.204. The van der Waals surface area contributed by atoms with Gasteiger partial charge >= 0.3 is 5.97 Å². The zero-order chi connectivity index (χ0) is 14.6. The van der Waals surface area contributed by atoms with Crippen molar-refractivity contribution in [2.75, 3.05) is 13.7 Å². The lowest BCUT2D eigenvalue weighted by Crippen LogP contribution is -2.59. The van der Waals surface area contributed by atoms with Crippen molar-refractivity contribution in [2.24, 2.45) is 0 Å². The van der Waals surface area contributed by atoms with Gasteiger partial charge in [0.1, 0.15) is 5.54 Å². The van der Waals surface area contributed by atoms with Crippen LogP contribution in [0.1, 0.15) is 32.3 Å². The highest BCUT2D eigenvalue weighted by molar-refractivity contribution is 5.81. The number of carbonyl (C=O) groups is 1. The van der Waals surface area contributed by atoms with E-state index in [9.17, 15) is 4.79 Å². The first kappa shape index (κ1) is 15.0. The summed E-state index contributed by atoms with van der Waals surface area (Å²) >= 11 is 0. The molecule has 1 atom stereocenters. The van der Waals surface area contributed by atoms with Gasteiger partial charge in [0.05, 0.1) is 12.7 Å². The third kappa shape index (κ3) is 3.38. The van der Waals surface area contributed by atoms with E-state index in [0.29, 0.717) is 26.0 Å². The number of hydrogen-bond donors (Lipinski definition) is 1. The van der Waals surface area contributed by atoms with Gasteiger partial charge in [-0.15, -0.1) is 0 Å². The third-order valence-electron chi connectivity index (χ3n) is 3.80. The summed E-state index contributed by atoms with van der Waals surface area (Å²) in [6, 6.07) is 10.1. The minimum Gasteiger partial charge on any atom is -0.468 e. The van der Waals surface area contributed by atoms with Gasteiger partial charge in [-0.3, -0.25) is 10.1 Å². The summed E-state index contributed by atoms with van der Waals surface area (Å²) in [5, 5.41) is 3.40. The standard InChI is InChI=1S/C16H23NO3/c1-15(2)12-16(9-10-20-15,14(18)19-3)17-11-13-7-5-4-6-8-13/h4-8,17H,9-12H2,1-3H3. The molecule has 1 aromatic rings. The molecule has 20 heavy (non-hydrogen) atoms. The number of hydrogen-bond acceptors (Lipinski definition) is 4. The summed E-state index contributed by atoms with van der Waals surface area (Å²) in [5.74, 6) is -0.204. The molecule has 0 bridgehead atoms. The highest BCUT2D eigenvalue weighted by Gasteiger charge is 2.47. The molecule has 1 saturated heterocycles. The Labute approximate surface area is 120 Å². The molecule has 4 nitrogen and oxygen atoms in total. The van der Waals surface area contributed by atoms with Gasteiger partial charge in [-0.05, 0) is 25.8 Å². The first-order valence-electron chi connectivity index (χ1n) is 6.99. The second-order valence-corrected chi connectivity index (χ2v) is 5.95. The Morgan fingerprint density at radius 3 is 2.65 bits per heavy atom. The zero-order valence-electron chi connectivity index (χ0n) is 12.4. The van der Waals surface area contributed by atoms with Crippen LogP contribution in [0.5, 0.6) is 0 Å². The third-order valence-corrected chi connectivity index (χ3v) is 3.80. The first-order valence-corrected chi connectivity index (χ1v) is 6.99. The highest BCUT2D eigenvalue weighted by atomic mass is 16.5. The topological polar surface area (TPSA) is 47.6 Å². The largest absolute Gasteiger partial charge is 0.468 e. The summed E-state index contributed by atoms with van der Waals surface area (Å²) in [5.41, 5.74) is 0.169. The zero-order valence-corrected chi connectivity index (χ0v) is 12.4. The molecule has 1 aromatic carbocycles. The van der Waals surface area contributed by atoms with Gasteiger partial charge < -0.3 is 9.47 Å². The van der Waals surface area contributed by atoms with Crippen LogP contribution in [-0.2, 0) is 20.8 Å². The summed E-state index contributed by atoms with van der Waals surface area (Å²) in [4.78, 5) is 12.3. The predicted octanol–water partition coefficient (Wildman–Crippen LogP) is 2.28. The molecule has 0 aromatic heterocycles. The molecule has 0 spiro atoms. The molecule has 4 heteroatoms. The SMILES string of the molecule is COC(=O)C1(NCc2ccccc2)CCOC(C)(C)C1. The van der Waals surface area contributed by atoms with Gasteiger partial charge in [-0.25, -0.2) is 0 Å². The molecular weight excluding hydrogens is 254 g/mol. The lowest BCUT2D eigenvalue weighted by Gasteiger charge is -2.43. The van der Waals surface area contributed by atoms with E-state index in [2.05, 4.69) is 5.32 Å². The molecule has 1 unspecified atom stereocenters. The lowest BCUT2D eigenvalue weighted by atomic mass is 9.81. The number of rotatable bonds is 4. The van der Waals surface area contributed by atoms with Crippen molar-refractivity contribution in [3.8, 4) is 0 Å². The van der Waals surface area contributed by atoms with Crippen molar-refractivity contribution in [2.45, 2.75) is 44.4 Å². The van der Waals surface area contributed by atoms with Crippen LogP contribution in [0.15, 0.2) is 30.3 Å². The van der Waals surface area contributed by atoms with Crippen LogP contribution in [-0.4, -0.2) is 30.8 Å². The van der Waals surface area contributed by atoms with E-state index in [0.717, 1.165) is 5.56 Å². The maximum Gasteiger partial charge on any atom is 0.326 e. The van der Waals surface area contributed by atoms with E-state index in [-0.39, 0.29) is 11.6 Å². The van der Waals surface area contributed by atoms with E-state index in [1.807, 2.05) is 44.2 Å².